The van der Waals surface area contributed by atoms with E-state index in [1.165, 1.54) is 0 Å². The van der Waals surface area contributed by atoms with E-state index in [9.17, 15) is 15.2 Å². The van der Waals surface area contributed by atoms with E-state index in [-0.39, 0.29) is 10.6 Å². The molecule has 1 fully saturated rings. The summed E-state index contributed by atoms with van der Waals surface area (Å²) in [6, 6.07) is 6.87. The molecule has 0 bridgehead atoms. The minimum Gasteiger partial charge on any atom is -0.389 e. The van der Waals surface area contributed by atoms with Gasteiger partial charge in [-0.25, -0.2) is 0 Å². The molecule has 0 spiro atoms. The highest BCUT2D eigenvalue weighted by Crippen LogP contribution is 2.22. The van der Waals surface area contributed by atoms with Gasteiger partial charge in [0.05, 0.1) is 10.5 Å². The molecule has 5 heteroatoms. The van der Waals surface area contributed by atoms with E-state index in [4.69, 9.17) is 0 Å². The number of nitro benzene ring substituents is 1. The SMILES string of the molecule is CC1(O)CCCN(CCc2ccccc2[N+](=O)[O-])C1. The number of rotatable bonds is 4. The average Bonchev–Trinajstić information content (AvgIpc) is 2.35. The van der Waals surface area contributed by atoms with Gasteiger partial charge in [-0.1, -0.05) is 18.2 Å². The summed E-state index contributed by atoms with van der Waals surface area (Å²) >= 11 is 0. The zero-order valence-electron chi connectivity index (χ0n) is 11.2. The Kier molecular flexibility index (Phi) is 4.17. The van der Waals surface area contributed by atoms with E-state index in [0.29, 0.717) is 13.0 Å². The Morgan fingerprint density at radius 1 is 1.47 bits per heavy atom. The molecule has 0 aliphatic carbocycles. The molecule has 1 atom stereocenters. The summed E-state index contributed by atoms with van der Waals surface area (Å²) in [7, 11) is 0. The number of nitrogens with zero attached hydrogens (tertiary/aromatic N) is 2. The van der Waals surface area contributed by atoms with Gasteiger partial charge >= 0.3 is 0 Å². The first-order chi connectivity index (χ1) is 8.98. The van der Waals surface area contributed by atoms with Gasteiger partial charge in [-0.15, -0.1) is 0 Å². The molecule has 0 aromatic heterocycles. The molecular weight excluding hydrogens is 244 g/mol. The van der Waals surface area contributed by atoms with Gasteiger partial charge in [-0.2, -0.15) is 0 Å². The van der Waals surface area contributed by atoms with Crippen LogP contribution in [0.2, 0.25) is 0 Å². The maximum atomic E-state index is 10.9. The number of β-amino-alcohol motifs (C(OH)–C–C–N with tert-alkyl or cyclic N) is 1. The van der Waals surface area contributed by atoms with Gasteiger partial charge in [0, 0.05) is 24.7 Å². The van der Waals surface area contributed by atoms with E-state index >= 15 is 0 Å². The van der Waals surface area contributed by atoms with Crippen LogP contribution in [0.5, 0.6) is 0 Å². The smallest absolute Gasteiger partial charge is 0.272 e. The summed E-state index contributed by atoms with van der Waals surface area (Å²) in [4.78, 5) is 12.8. The predicted octanol–water partition coefficient (Wildman–Crippen LogP) is 1.98. The molecule has 1 unspecified atom stereocenters. The number of benzene rings is 1. The van der Waals surface area contributed by atoms with Gasteiger partial charge in [-0.3, -0.25) is 10.1 Å². The predicted molar refractivity (Wildman–Crippen MR) is 73.1 cm³/mol. The molecule has 5 nitrogen and oxygen atoms in total. The molecule has 1 heterocycles. The van der Waals surface area contributed by atoms with Crippen LogP contribution in [0.25, 0.3) is 0 Å². The summed E-state index contributed by atoms with van der Waals surface area (Å²) in [5, 5.41) is 21.0. The number of likely N-dealkylation sites (tertiary alicyclic amines) is 1. The molecule has 1 aliphatic rings. The van der Waals surface area contributed by atoms with E-state index in [1.807, 2.05) is 13.0 Å². The van der Waals surface area contributed by atoms with E-state index in [1.54, 1.807) is 18.2 Å². The van der Waals surface area contributed by atoms with Crippen molar-refractivity contribution in [1.29, 1.82) is 0 Å². The average molecular weight is 264 g/mol. The number of para-hydroxylation sites is 1. The normalized spacial score (nSPS) is 24.3. The second-order valence-electron chi connectivity index (χ2n) is 5.51. The molecule has 0 saturated carbocycles. The van der Waals surface area contributed by atoms with Crippen molar-refractivity contribution in [3.63, 3.8) is 0 Å². The molecule has 19 heavy (non-hydrogen) atoms. The number of piperidine rings is 1. The zero-order chi connectivity index (χ0) is 13.9. The van der Waals surface area contributed by atoms with Crippen LogP contribution in [-0.4, -0.2) is 40.2 Å². The quantitative estimate of drug-likeness (QED) is 0.667. The van der Waals surface area contributed by atoms with Crippen molar-refractivity contribution in [2.24, 2.45) is 0 Å². The Morgan fingerprint density at radius 2 is 2.21 bits per heavy atom. The number of nitro groups is 1. The standard InChI is InChI=1S/C14H20N2O3/c1-14(17)8-4-9-15(11-14)10-7-12-5-2-3-6-13(12)16(18)19/h2-3,5-6,17H,4,7-11H2,1H3. The van der Waals surface area contributed by atoms with Crippen LogP contribution in [0.1, 0.15) is 25.3 Å². The highest BCUT2D eigenvalue weighted by molar-refractivity contribution is 5.39. The van der Waals surface area contributed by atoms with E-state index in [2.05, 4.69) is 4.90 Å². The summed E-state index contributed by atoms with van der Waals surface area (Å²) in [5.41, 5.74) is 0.324. The van der Waals surface area contributed by atoms with Gasteiger partial charge in [-0.05, 0) is 32.7 Å². The number of aliphatic hydroxyl groups is 1. The fourth-order valence-corrected chi connectivity index (χ4v) is 2.69. The number of hydrogen-bond acceptors (Lipinski definition) is 4. The fraction of sp³-hybridized carbons (Fsp3) is 0.571. The van der Waals surface area contributed by atoms with Gasteiger partial charge in [0.2, 0.25) is 0 Å². The van der Waals surface area contributed by atoms with Crippen molar-refractivity contribution >= 4 is 5.69 Å². The minimum absolute atomic E-state index is 0.186. The Balaban J connectivity index is 1.97. The van der Waals surface area contributed by atoms with Crippen molar-refractivity contribution in [2.75, 3.05) is 19.6 Å². The lowest BCUT2D eigenvalue weighted by Gasteiger charge is -2.36. The van der Waals surface area contributed by atoms with Gasteiger partial charge < -0.3 is 10.0 Å². The summed E-state index contributed by atoms with van der Waals surface area (Å²) in [5.74, 6) is 0. The first kappa shape index (κ1) is 14.0. The highest BCUT2D eigenvalue weighted by atomic mass is 16.6. The van der Waals surface area contributed by atoms with E-state index < -0.39 is 5.60 Å². The zero-order valence-corrected chi connectivity index (χ0v) is 11.2. The molecule has 104 valence electrons. The van der Waals surface area contributed by atoms with Gasteiger partial charge in [0.1, 0.15) is 0 Å². The van der Waals surface area contributed by atoms with Crippen molar-refractivity contribution in [3.8, 4) is 0 Å². The van der Waals surface area contributed by atoms with Crippen molar-refractivity contribution in [1.82, 2.24) is 4.90 Å². The van der Waals surface area contributed by atoms with Crippen LogP contribution in [0, 0.1) is 10.1 Å². The molecule has 2 rings (SSSR count). The third-order valence-corrected chi connectivity index (χ3v) is 3.64. The first-order valence-corrected chi connectivity index (χ1v) is 6.65. The van der Waals surface area contributed by atoms with Crippen molar-refractivity contribution in [2.45, 2.75) is 31.8 Å². The summed E-state index contributed by atoms with van der Waals surface area (Å²) in [6.45, 7) is 4.20. The van der Waals surface area contributed by atoms with Gasteiger partial charge in [0.25, 0.3) is 5.69 Å². The molecule has 1 aromatic rings. The van der Waals surface area contributed by atoms with Crippen molar-refractivity contribution < 1.29 is 10.0 Å². The van der Waals surface area contributed by atoms with E-state index in [0.717, 1.165) is 31.5 Å². The monoisotopic (exact) mass is 264 g/mol. The molecule has 1 aliphatic heterocycles. The second kappa shape index (κ2) is 5.67. The lowest BCUT2D eigenvalue weighted by molar-refractivity contribution is -0.385. The first-order valence-electron chi connectivity index (χ1n) is 6.65. The fourth-order valence-electron chi connectivity index (χ4n) is 2.69. The molecule has 1 aromatic carbocycles. The van der Waals surface area contributed by atoms with Crippen LogP contribution in [0.15, 0.2) is 24.3 Å². The molecule has 0 radical (unpaired) electrons. The maximum Gasteiger partial charge on any atom is 0.272 e. The number of hydrogen-bond donors (Lipinski definition) is 1. The summed E-state index contributed by atoms with van der Waals surface area (Å²) in [6.07, 6.45) is 2.45. The van der Waals surface area contributed by atoms with Crippen LogP contribution in [0.3, 0.4) is 0 Å². The Hall–Kier alpha value is -1.46. The highest BCUT2D eigenvalue weighted by Gasteiger charge is 2.28. The van der Waals surface area contributed by atoms with Gasteiger partial charge in [0.15, 0.2) is 0 Å². The van der Waals surface area contributed by atoms with Crippen LogP contribution in [0.4, 0.5) is 5.69 Å². The van der Waals surface area contributed by atoms with Crippen molar-refractivity contribution in [3.05, 3.63) is 39.9 Å². The summed E-state index contributed by atoms with van der Waals surface area (Å²) < 4.78 is 0. The maximum absolute atomic E-state index is 10.9. The van der Waals surface area contributed by atoms with Crippen LogP contribution >= 0.6 is 0 Å². The lowest BCUT2D eigenvalue weighted by atomic mass is 9.95. The molecule has 1 saturated heterocycles. The van der Waals surface area contributed by atoms with Crippen LogP contribution in [-0.2, 0) is 6.42 Å². The third kappa shape index (κ3) is 3.75. The molecule has 0 amide bonds. The molecule has 1 N–H and O–H groups in total. The second-order valence-corrected chi connectivity index (χ2v) is 5.51. The largest absolute Gasteiger partial charge is 0.389 e. The Labute approximate surface area is 113 Å². The lowest BCUT2D eigenvalue weighted by Crippen LogP contribution is -2.46. The Bertz CT molecular complexity index is 460. The molecular formula is C14H20N2O3. The topological polar surface area (TPSA) is 66.6 Å². The Morgan fingerprint density at radius 3 is 2.89 bits per heavy atom. The minimum atomic E-state index is -0.624. The third-order valence-electron chi connectivity index (χ3n) is 3.64. The van der Waals surface area contributed by atoms with Crippen LogP contribution < -0.4 is 0 Å².